The zero-order valence-electron chi connectivity index (χ0n) is 16.8. The number of aromatic hydroxyl groups is 1. The van der Waals surface area contributed by atoms with Gasteiger partial charge in [-0.2, -0.15) is 10.2 Å². The number of nitrogens with zero attached hydrogens (tertiary/aromatic N) is 3. The van der Waals surface area contributed by atoms with Gasteiger partial charge in [-0.05, 0) is 64.4 Å². The van der Waals surface area contributed by atoms with E-state index in [1.807, 2.05) is 39.0 Å². The summed E-state index contributed by atoms with van der Waals surface area (Å²) in [6.45, 7) is 12.8. The van der Waals surface area contributed by atoms with Crippen LogP contribution in [0.15, 0.2) is 29.4 Å². The molecule has 0 aliphatic rings. The lowest BCUT2D eigenvalue weighted by Gasteiger charge is -2.16. The summed E-state index contributed by atoms with van der Waals surface area (Å²) in [5, 5.41) is 18.6. The molecule has 0 spiro atoms. The summed E-state index contributed by atoms with van der Waals surface area (Å²) in [6.07, 6.45) is 0. The number of carbonyl (C=O) groups is 1. The molecule has 3 N–H and O–H groups in total. The topological polar surface area (TPSA) is 84.0 Å². The SMILES string of the molecule is CC[NH+](CC)Cc1cc(/C(C)=N/NC(=O)Cn2nc(C)cc2C)ccc1O. The molecule has 0 fully saturated rings. The Kier molecular flexibility index (Phi) is 7.12. The second-order valence-electron chi connectivity index (χ2n) is 6.79. The Morgan fingerprint density at radius 2 is 1.96 bits per heavy atom. The van der Waals surface area contributed by atoms with Crippen molar-refractivity contribution in [2.75, 3.05) is 13.1 Å². The number of hydrazone groups is 1. The summed E-state index contributed by atoms with van der Waals surface area (Å²) in [5.41, 5.74) is 6.85. The highest BCUT2D eigenvalue weighted by Crippen LogP contribution is 2.18. The second-order valence-corrected chi connectivity index (χ2v) is 6.79. The first-order valence-corrected chi connectivity index (χ1v) is 9.34. The maximum Gasteiger partial charge on any atom is 0.261 e. The smallest absolute Gasteiger partial charge is 0.261 e. The molecule has 1 aromatic carbocycles. The maximum atomic E-state index is 12.1. The van der Waals surface area contributed by atoms with Gasteiger partial charge in [0.05, 0.1) is 24.5 Å². The molecular weight excluding hydrogens is 342 g/mol. The van der Waals surface area contributed by atoms with Crippen LogP contribution in [0, 0.1) is 13.8 Å². The molecule has 1 amide bonds. The van der Waals surface area contributed by atoms with Crippen molar-refractivity contribution in [2.24, 2.45) is 5.10 Å². The Morgan fingerprint density at radius 1 is 1.26 bits per heavy atom. The third-order valence-corrected chi connectivity index (χ3v) is 4.68. The van der Waals surface area contributed by atoms with Gasteiger partial charge in [-0.15, -0.1) is 0 Å². The monoisotopic (exact) mass is 372 g/mol. The Morgan fingerprint density at radius 3 is 2.56 bits per heavy atom. The number of carbonyl (C=O) groups excluding carboxylic acids is 1. The first-order chi connectivity index (χ1) is 12.8. The second kappa shape index (κ2) is 9.32. The van der Waals surface area contributed by atoms with Gasteiger partial charge in [-0.25, -0.2) is 5.43 Å². The quantitative estimate of drug-likeness (QED) is 0.480. The Hall–Kier alpha value is -2.67. The number of quaternary nitrogens is 1. The lowest BCUT2D eigenvalue weighted by atomic mass is 10.1. The van der Waals surface area contributed by atoms with Crippen LogP contribution in [0.5, 0.6) is 5.75 Å². The summed E-state index contributed by atoms with van der Waals surface area (Å²) in [7, 11) is 0. The Balaban J connectivity index is 2.06. The highest BCUT2D eigenvalue weighted by atomic mass is 16.3. The van der Waals surface area contributed by atoms with Crippen molar-refractivity contribution >= 4 is 11.6 Å². The van der Waals surface area contributed by atoms with E-state index in [4.69, 9.17) is 0 Å². The zero-order chi connectivity index (χ0) is 20.0. The van der Waals surface area contributed by atoms with Crippen LogP contribution in [-0.4, -0.2) is 39.6 Å². The van der Waals surface area contributed by atoms with Crippen LogP contribution in [0.4, 0.5) is 0 Å². The van der Waals surface area contributed by atoms with Crippen LogP contribution in [0.3, 0.4) is 0 Å². The highest BCUT2D eigenvalue weighted by molar-refractivity contribution is 5.99. The molecule has 2 aromatic rings. The summed E-state index contributed by atoms with van der Waals surface area (Å²) >= 11 is 0. The summed E-state index contributed by atoms with van der Waals surface area (Å²) in [6, 6.07) is 7.36. The molecule has 146 valence electrons. The van der Waals surface area contributed by atoms with E-state index in [-0.39, 0.29) is 12.5 Å². The number of benzene rings is 1. The van der Waals surface area contributed by atoms with Crippen LogP contribution >= 0.6 is 0 Å². The van der Waals surface area contributed by atoms with Crippen molar-refractivity contribution in [3.63, 3.8) is 0 Å². The van der Waals surface area contributed by atoms with Crippen LogP contribution < -0.4 is 10.3 Å². The first-order valence-electron chi connectivity index (χ1n) is 9.34. The molecule has 0 atom stereocenters. The van der Waals surface area contributed by atoms with Gasteiger partial charge in [-0.1, -0.05) is 0 Å². The fraction of sp³-hybridized carbons (Fsp3) is 0.450. The molecule has 2 rings (SSSR count). The van der Waals surface area contributed by atoms with Gasteiger partial charge in [-0.3, -0.25) is 9.48 Å². The predicted molar refractivity (Wildman–Crippen MR) is 106 cm³/mol. The molecule has 1 aromatic heterocycles. The van der Waals surface area contributed by atoms with Crippen LogP contribution in [0.25, 0.3) is 0 Å². The lowest BCUT2D eigenvalue weighted by Crippen LogP contribution is -3.10. The summed E-state index contributed by atoms with van der Waals surface area (Å²) in [4.78, 5) is 13.5. The van der Waals surface area contributed by atoms with E-state index in [0.717, 1.165) is 42.1 Å². The number of hydrogen-bond acceptors (Lipinski definition) is 4. The summed E-state index contributed by atoms with van der Waals surface area (Å²) < 4.78 is 1.65. The lowest BCUT2D eigenvalue weighted by molar-refractivity contribution is -0.910. The van der Waals surface area contributed by atoms with Gasteiger partial charge in [0.2, 0.25) is 0 Å². The standard InChI is InChI=1S/C20H29N5O2/c1-6-24(7-2)12-18-11-17(8-9-19(18)26)16(5)21-22-20(27)13-25-15(4)10-14(3)23-25/h8-11,26H,6-7,12-13H2,1-5H3,(H,22,27)/p+1/b21-16+. The number of aryl methyl sites for hydroxylation is 2. The predicted octanol–water partition coefficient (Wildman–Crippen LogP) is 1.17. The van der Waals surface area contributed by atoms with Gasteiger partial charge in [0, 0.05) is 11.3 Å². The van der Waals surface area contributed by atoms with E-state index in [0.29, 0.717) is 11.5 Å². The average molecular weight is 372 g/mol. The Labute approximate surface area is 160 Å². The average Bonchev–Trinajstić information content (AvgIpc) is 2.95. The van der Waals surface area contributed by atoms with Crippen LogP contribution in [0.1, 0.15) is 43.3 Å². The van der Waals surface area contributed by atoms with E-state index in [1.165, 1.54) is 4.90 Å². The molecule has 0 aliphatic carbocycles. The zero-order valence-corrected chi connectivity index (χ0v) is 16.8. The molecule has 27 heavy (non-hydrogen) atoms. The first kappa shape index (κ1) is 20.6. The minimum Gasteiger partial charge on any atom is -0.507 e. The largest absolute Gasteiger partial charge is 0.507 e. The molecule has 0 saturated carbocycles. The molecule has 0 radical (unpaired) electrons. The number of nitrogens with one attached hydrogen (secondary N) is 2. The van der Waals surface area contributed by atoms with Gasteiger partial charge < -0.3 is 10.0 Å². The van der Waals surface area contributed by atoms with Gasteiger partial charge in [0.15, 0.2) is 0 Å². The van der Waals surface area contributed by atoms with Crippen molar-refractivity contribution in [2.45, 2.75) is 47.7 Å². The third-order valence-electron chi connectivity index (χ3n) is 4.68. The molecule has 7 nitrogen and oxygen atoms in total. The van der Waals surface area contributed by atoms with Gasteiger partial charge in [0.25, 0.3) is 5.91 Å². The number of aromatic nitrogens is 2. The van der Waals surface area contributed by atoms with Gasteiger partial charge in [0.1, 0.15) is 18.8 Å². The van der Waals surface area contributed by atoms with Crippen molar-refractivity contribution in [3.05, 3.63) is 46.8 Å². The minimum atomic E-state index is -0.230. The molecule has 0 bridgehead atoms. The fourth-order valence-electron chi connectivity index (χ4n) is 2.94. The number of amides is 1. The summed E-state index contributed by atoms with van der Waals surface area (Å²) in [5.74, 6) is 0.0617. The number of phenolic OH excluding ortho intramolecular Hbond substituents is 1. The number of rotatable bonds is 8. The van der Waals surface area contributed by atoms with E-state index in [1.54, 1.807) is 10.7 Å². The maximum absolute atomic E-state index is 12.1. The van der Waals surface area contributed by atoms with Crippen LogP contribution in [-0.2, 0) is 17.9 Å². The van der Waals surface area contributed by atoms with E-state index >= 15 is 0 Å². The number of hydrogen-bond donors (Lipinski definition) is 3. The van der Waals surface area contributed by atoms with E-state index in [9.17, 15) is 9.90 Å². The highest BCUT2D eigenvalue weighted by Gasteiger charge is 2.11. The molecular formula is C20H30N5O2+. The molecule has 1 heterocycles. The third kappa shape index (κ3) is 5.65. The van der Waals surface area contributed by atoms with Crippen molar-refractivity contribution < 1.29 is 14.8 Å². The molecule has 0 unspecified atom stereocenters. The molecule has 0 aliphatic heterocycles. The molecule has 0 saturated heterocycles. The van der Waals surface area contributed by atoms with Crippen LogP contribution in [0.2, 0.25) is 0 Å². The van der Waals surface area contributed by atoms with Gasteiger partial charge >= 0.3 is 0 Å². The molecule has 7 heteroatoms. The van der Waals surface area contributed by atoms with E-state index in [2.05, 4.69) is 29.5 Å². The minimum absolute atomic E-state index is 0.128. The van der Waals surface area contributed by atoms with Crippen molar-refractivity contribution in [1.29, 1.82) is 0 Å². The van der Waals surface area contributed by atoms with Crippen molar-refractivity contribution in [3.8, 4) is 5.75 Å². The fourth-order valence-corrected chi connectivity index (χ4v) is 2.94. The van der Waals surface area contributed by atoms with Crippen molar-refractivity contribution in [1.82, 2.24) is 15.2 Å². The van der Waals surface area contributed by atoms with E-state index < -0.39 is 0 Å². The number of phenols is 1. The normalized spacial score (nSPS) is 11.9. The Bertz CT molecular complexity index is 822.